The molecule has 0 bridgehead atoms. The van der Waals surface area contributed by atoms with Gasteiger partial charge in [0.15, 0.2) is 11.5 Å². The van der Waals surface area contributed by atoms with Crippen LogP contribution < -0.4 is 19.1 Å². The fourth-order valence-corrected chi connectivity index (χ4v) is 5.14. The molecule has 1 N–H and O–H groups in total. The van der Waals surface area contributed by atoms with Crippen molar-refractivity contribution in [2.24, 2.45) is 5.10 Å². The Labute approximate surface area is 215 Å². The molecule has 1 aliphatic heterocycles. The molecule has 37 heavy (non-hydrogen) atoms. The summed E-state index contributed by atoms with van der Waals surface area (Å²) in [5.74, 6) is 0.103. The molecule has 1 aliphatic rings. The fourth-order valence-electron chi connectivity index (χ4n) is 4.06. The standard InChI is InChI=1S/C26H27FN4O5S/c1-17-14-21-22(25(36-4)24(35-3)15-23(21)27)16-28-31(17)26(32)30(2)19-12-10-18(11-13-19)29-37(33,34)20-8-6-5-7-9-20/h5-13,15-17,29H,14H2,1-4H3. The number of rotatable bonds is 6. The molecule has 1 heterocycles. The van der Waals surface area contributed by atoms with Crippen molar-refractivity contribution >= 4 is 33.6 Å². The largest absolute Gasteiger partial charge is 0.493 e. The van der Waals surface area contributed by atoms with E-state index in [1.54, 1.807) is 56.4 Å². The zero-order valence-corrected chi connectivity index (χ0v) is 21.6. The molecular weight excluding hydrogens is 499 g/mol. The third-order valence-corrected chi connectivity index (χ3v) is 7.43. The van der Waals surface area contributed by atoms with Crippen LogP contribution in [0.1, 0.15) is 18.1 Å². The van der Waals surface area contributed by atoms with Crippen molar-refractivity contribution in [2.75, 3.05) is 30.9 Å². The van der Waals surface area contributed by atoms with Gasteiger partial charge in [0.2, 0.25) is 0 Å². The maximum absolute atomic E-state index is 14.8. The molecule has 3 aromatic carbocycles. The minimum absolute atomic E-state index is 0.145. The highest BCUT2D eigenvalue weighted by atomic mass is 32.2. The van der Waals surface area contributed by atoms with Crippen molar-refractivity contribution in [3.63, 3.8) is 0 Å². The van der Waals surface area contributed by atoms with E-state index in [1.165, 1.54) is 48.5 Å². The van der Waals surface area contributed by atoms with Gasteiger partial charge in [-0.3, -0.25) is 9.62 Å². The average Bonchev–Trinajstić information content (AvgIpc) is 3.07. The Kier molecular flexibility index (Phi) is 7.35. The van der Waals surface area contributed by atoms with E-state index >= 15 is 0 Å². The Morgan fingerprint density at radius 3 is 2.41 bits per heavy atom. The van der Waals surface area contributed by atoms with Crippen molar-refractivity contribution in [1.82, 2.24) is 5.01 Å². The number of benzene rings is 3. The maximum atomic E-state index is 14.8. The van der Waals surface area contributed by atoms with E-state index in [0.717, 1.165) is 0 Å². The number of methoxy groups -OCH3 is 2. The van der Waals surface area contributed by atoms with Gasteiger partial charge >= 0.3 is 6.03 Å². The lowest BCUT2D eigenvalue weighted by atomic mass is 9.99. The number of halogens is 1. The lowest BCUT2D eigenvalue weighted by Crippen LogP contribution is -2.43. The zero-order valence-electron chi connectivity index (χ0n) is 20.8. The second kappa shape index (κ2) is 10.5. The van der Waals surface area contributed by atoms with Crippen LogP contribution in [0.2, 0.25) is 0 Å². The molecule has 11 heteroatoms. The topological polar surface area (TPSA) is 101 Å². The van der Waals surface area contributed by atoms with Crippen molar-refractivity contribution < 1.29 is 27.1 Å². The van der Waals surface area contributed by atoms with E-state index in [-0.39, 0.29) is 17.1 Å². The summed E-state index contributed by atoms with van der Waals surface area (Å²) in [7, 11) is 0.716. The van der Waals surface area contributed by atoms with Gasteiger partial charge in [-0.25, -0.2) is 22.6 Å². The summed E-state index contributed by atoms with van der Waals surface area (Å²) in [5.41, 5.74) is 1.66. The van der Waals surface area contributed by atoms with Crippen LogP contribution in [0.3, 0.4) is 0 Å². The second-order valence-corrected chi connectivity index (χ2v) is 10.1. The molecular formula is C26H27FN4O5S. The molecule has 0 saturated heterocycles. The number of hydrogen-bond acceptors (Lipinski definition) is 6. The van der Waals surface area contributed by atoms with E-state index in [2.05, 4.69) is 9.82 Å². The summed E-state index contributed by atoms with van der Waals surface area (Å²) < 4.78 is 53.1. The number of nitrogens with zero attached hydrogens (tertiary/aromatic N) is 3. The first-order chi connectivity index (χ1) is 17.7. The molecule has 0 aromatic heterocycles. The molecule has 0 saturated carbocycles. The van der Waals surface area contributed by atoms with Crippen LogP contribution >= 0.6 is 0 Å². The van der Waals surface area contributed by atoms with Crippen LogP contribution in [0.4, 0.5) is 20.6 Å². The summed E-state index contributed by atoms with van der Waals surface area (Å²) in [5, 5.41) is 5.62. The number of fused-ring (bicyclic) bond motifs is 1. The minimum atomic E-state index is -3.74. The summed E-state index contributed by atoms with van der Waals surface area (Å²) in [6.45, 7) is 1.77. The van der Waals surface area contributed by atoms with Gasteiger partial charge in [0, 0.05) is 35.6 Å². The highest BCUT2D eigenvalue weighted by molar-refractivity contribution is 7.92. The molecule has 2 amide bonds. The van der Waals surface area contributed by atoms with E-state index in [9.17, 15) is 17.6 Å². The summed E-state index contributed by atoms with van der Waals surface area (Å²) >= 11 is 0. The third-order valence-electron chi connectivity index (χ3n) is 6.04. The van der Waals surface area contributed by atoms with Gasteiger partial charge in [-0.05, 0) is 49.7 Å². The van der Waals surface area contributed by atoms with Gasteiger partial charge in [-0.1, -0.05) is 18.2 Å². The number of hydrazone groups is 1. The Hall–Kier alpha value is -4.12. The van der Waals surface area contributed by atoms with Crippen molar-refractivity contribution in [3.05, 3.63) is 77.6 Å². The average molecular weight is 527 g/mol. The van der Waals surface area contributed by atoms with Crippen molar-refractivity contribution in [1.29, 1.82) is 0 Å². The summed E-state index contributed by atoms with van der Waals surface area (Å²) in [6.07, 6.45) is 1.61. The van der Waals surface area contributed by atoms with Gasteiger partial charge < -0.3 is 9.47 Å². The number of ether oxygens (including phenoxy) is 2. The Bertz CT molecular complexity index is 1430. The van der Waals surface area contributed by atoms with E-state index in [0.29, 0.717) is 28.3 Å². The van der Waals surface area contributed by atoms with Gasteiger partial charge in [0.1, 0.15) is 5.82 Å². The Balaban J connectivity index is 1.54. The molecule has 0 fully saturated rings. The van der Waals surface area contributed by atoms with Crippen LogP contribution in [0.25, 0.3) is 0 Å². The number of sulfonamides is 1. The molecule has 0 aliphatic carbocycles. The monoisotopic (exact) mass is 526 g/mol. The molecule has 1 unspecified atom stereocenters. The number of amides is 2. The Morgan fingerprint density at radius 1 is 1.11 bits per heavy atom. The van der Waals surface area contributed by atoms with Crippen LogP contribution in [-0.2, 0) is 16.4 Å². The maximum Gasteiger partial charge on any atom is 0.344 e. The van der Waals surface area contributed by atoms with Gasteiger partial charge in [-0.2, -0.15) is 5.10 Å². The van der Waals surface area contributed by atoms with Crippen molar-refractivity contribution in [3.8, 4) is 11.5 Å². The molecule has 3 aromatic rings. The quantitative estimate of drug-likeness (QED) is 0.511. The van der Waals surface area contributed by atoms with Gasteiger partial charge in [0.05, 0.1) is 31.4 Å². The van der Waals surface area contributed by atoms with Gasteiger partial charge in [0.25, 0.3) is 10.0 Å². The van der Waals surface area contributed by atoms with Crippen LogP contribution in [0.15, 0.2) is 70.7 Å². The highest BCUT2D eigenvalue weighted by Crippen LogP contribution is 2.36. The highest BCUT2D eigenvalue weighted by Gasteiger charge is 2.30. The first kappa shape index (κ1) is 26.0. The lowest BCUT2D eigenvalue weighted by molar-refractivity contribution is 0.190. The number of anilines is 2. The number of carbonyl (C=O) groups is 1. The summed E-state index contributed by atoms with van der Waals surface area (Å²) in [6, 6.07) is 14.8. The van der Waals surface area contributed by atoms with Crippen LogP contribution in [0, 0.1) is 5.82 Å². The van der Waals surface area contributed by atoms with Crippen LogP contribution in [-0.4, -0.2) is 53.0 Å². The van der Waals surface area contributed by atoms with E-state index in [4.69, 9.17) is 9.47 Å². The minimum Gasteiger partial charge on any atom is -0.493 e. The van der Waals surface area contributed by atoms with E-state index in [1.807, 2.05) is 0 Å². The third kappa shape index (κ3) is 5.21. The Morgan fingerprint density at radius 2 is 1.78 bits per heavy atom. The molecule has 4 rings (SSSR count). The number of hydrogen-bond donors (Lipinski definition) is 1. The summed E-state index contributed by atoms with van der Waals surface area (Å²) in [4.78, 5) is 14.9. The lowest BCUT2D eigenvalue weighted by Gasteiger charge is -2.28. The molecule has 194 valence electrons. The normalized spacial score (nSPS) is 14.9. The molecule has 9 nitrogen and oxygen atoms in total. The first-order valence-electron chi connectivity index (χ1n) is 11.4. The number of carbonyl (C=O) groups excluding carboxylic acids is 1. The van der Waals surface area contributed by atoms with Crippen molar-refractivity contribution in [2.45, 2.75) is 24.3 Å². The van der Waals surface area contributed by atoms with E-state index < -0.39 is 27.9 Å². The van der Waals surface area contributed by atoms with Crippen LogP contribution in [0.5, 0.6) is 11.5 Å². The predicted octanol–water partition coefficient (Wildman–Crippen LogP) is 4.48. The molecule has 0 radical (unpaired) electrons. The zero-order chi connectivity index (χ0) is 26.7. The predicted molar refractivity (Wildman–Crippen MR) is 140 cm³/mol. The number of urea groups is 1. The fraction of sp³-hybridized carbons (Fsp3) is 0.231. The first-order valence-corrected chi connectivity index (χ1v) is 12.9. The smallest absolute Gasteiger partial charge is 0.344 e. The molecule has 0 spiro atoms. The van der Waals surface area contributed by atoms with Gasteiger partial charge in [-0.15, -0.1) is 0 Å². The molecule has 1 atom stereocenters. The second-order valence-electron chi connectivity index (χ2n) is 8.44. The SMILES string of the molecule is COc1cc(F)c2c(c1OC)C=NN(C(=O)N(C)c1ccc(NS(=O)(=O)c3ccccc3)cc1)C(C)C2. The number of nitrogens with one attached hydrogen (secondary N) is 1.